The van der Waals surface area contributed by atoms with Gasteiger partial charge in [0.2, 0.25) is 0 Å². The first-order chi connectivity index (χ1) is 7.65. The van der Waals surface area contributed by atoms with Crippen LogP contribution in [0.3, 0.4) is 0 Å². The molecule has 96 valence electrons. The lowest BCUT2D eigenvalue weighted by atomic mass is 10.1. The molecule has 0 amide bonds. The molecule has 1 N–H and O–H groups in total. The highest BCUT2D eigenvalue weighted by molar-refractivity contribution is 8.07. The van der Waals surface area contributed by atoms with Gasteiger partial charge in [-0.25, -0.2) is 0 Å². The quantitative estimate of drug-likeness (QED) is 0.732. The summed E-state index contributed by atoms with van der Waals surface area (Å²) in [6.07, 6.45) is 5.99. The Kier molecular flexibility index (Phi) is 7.25. The summed E-state index contributed by atoms with van der Waals surface area (Å²) in [4.78, 5) is 0. The van der Waals surface area contributed by atoms with E-state index in [0.717, 1.165) is 17.4 Å². The highest BCUT2D eigenvalue weighted by Crippen LogP contribution is 2.37. The molecule has 1 aliphatic heterocycles. The van der Waals surface area contributed by atoms with Crippen molar-refractivity contribution in [3.8, 4) is 0 Å². The molecule has 0 aromatic heterocycles. The lowest BCUT2D eigenvalue weighted by Gasteiger charge is -2.33. The molecule has 1 heterocycles. The number of aliphatic hydroxyl groups is 1. The van der Waals surface area contributed by atoms with Gasteiger partial charge in [0.15, 0.2) is 0 Å². The predicted molar refractivity (Wildman–Crippen MR) is 77.5 cm³/mol. The molecule has 1 rings (SSSR count). The minimum Gasteiger partial charge on any atom is -0.392 e. The van der Waals surface area contributed by atoms with Crippen LogP contribution in [0.4, 0.5) is 0 Å². The third kappa shape index (κ3) is 4.89. The van der Waals surface area contributed by atoms with Crippen LogP contribution < -0.4 is 0 Å². The third-order valence-corrected chi connectivity index (χ3v) is 6.89. The molecule has 0 aromatic carbocycles. The van der Waals surface area contributed by atoms with Crippen LogP contribution in [-0.4, -0.2) is 32.7 Å². The van der Waals surface area contributed by atoms with Crippen LogP contribution in [0, 0.1) is 0 Å². The highest BCUT2D eigenvalue weighted by atomic mass is 32.2. The fourth-order valence-electron chi connectivity index (χ4n) is 1.98. The molecule has 3 heteroatoms. The van der Waals surface area contributed by atoms with Crippen molar-refractivity contribution in [3.63, 3.8) is 0 Å². The van der Waals surface area contributed by atoms with Gasteiger partial charge in [-0.05, 0) is 6.42 Å². The average Bonchev–Trinajstić information content (AvgIpc) is 2.28. The molecule has 1 saturated heterocycles. The van der Waals surface area contributed by atoms with E-state index in [1.807, 2.05) is 23.5 Å². The van der Waals surface area contributed by atoms with Gasteiger partial charge in [-0.2, -0.15) is 23.5 Å². The van der Waals surface area contributed by atoms with Crippen LogP contribution in [0.5, 0.6) is 0 Å². The lowest BCUT2D eigenvalue weighted by molar-refractivity contribution is 0.162. The third-order valence-electron chi connectivity index (χ3n) is 3.36. The Labute approximate surface area is 109 Å². The minimum atomic E-state index is -0.0793. The Morgan fingerprint density at radius 2 is 1.94 bits per heavy atom. The van der Waals surface area contributed by atoms with E-state index in [2.05, 4.69) is 20.8 Å². The molecule has 0 radical (unpaired) electrons. The van der Waals surface area contributed by atoms with Gasteiger partial charge in [0.1, 0.15) is 0 Å². The largest absolute Gasteiger partial charge is 0.392 e. The number of hydrogen-bond donors (Lipinski definition) is 1. The van der Waals surface area contributed by atoms with E-state index in [0.29, 0.717) is 10.5 Å². The SMILES string of the molecule is CCCCCCC(O)C1CSC(C)C(C)S1. The standard InChI is InChI=1S/C13H26OS2/c1-4-5-6-7-8-12(14)13-9-15-10(2)11(3)16-13/h10-14H,4-9H2,1-3H3. The smallest absolute Gasteiger partial charge is 0.0666 e. The summed E-state index contributed by atoms with van der Waals surface area (Å²) < 4.78 is 0. The van der Waals surface area contributed by atoms with Crippen LogP contribution in [0.1, 0.15) is 52.9 Å². The predicted octanol–water partition coefficient (Wildman–Crippen LogP) is 3.94. The molecular formula is C13H26OS2. The first kappa shape index (κ1) is 14.7. The maximum Gasteiger partial charge on any atom is 0.0666 e. The van der Waals surface area contributed by atoms with E-state index in [4.69, 9.17) is 0 Å². The molecule has 0 aromatic rings. The van der Waals surface area contributed by atoms with E-state index in [1.54, 1.807) is 0 Å². The zero-order valence-electron chi connectivity index (χ0n) is 10.8. The molecule has 0 bridgehead atoms. The summed E-state index contributed by atoms with van der Waals surface area (Å²) >= 11 is 4.02. The molecule has 1 nitrogen and oxygen atoms in total. The van der Waals surface area contributed by atoms with Gasteiger partial charge in [0.25, 0.3) is 0 Å². The average molecular weight is 262 g/mol. The summed E-state index contributed by atoms with van der Waals surface area (Å²) in [5, 5.41) is 12.0. The van der Waals surface area contributed by atoms with Crippen molar-refractivity contribution in [2.24, 2.45) is 0 Å². The van der Waals surface area contributed by atoms with Gasteiger partial charge < -0.3 is 5.11 Å². The maximum absolute atomic E-state index is 10.1. The lowest BCUT2D eigenvalue weighted by Crippen LogP contribution is -2.34. The zero-order chi connectivity index (χ0) is 12.0. The Hall–Kier alpha value is 0.660. The van der Waals surface area contributed by atoms with Crippen molar-refractivity contribution in [2.45, 2.75) is 74.7 Å². The molecule has 4 unspecified atom stereocenters. The van der Waals surface area contributed by atoms with Gasteiger partial charge in [0, 0.05) is 21.5 Å². The Balaban J connectivity index is 2.18. The van der Waals surface area contributed by atoms with Crippen molar-refractivity contribution in [2.75, 3.05) is 5.75 Å². The van der Waals surface area contributed by atoms with E-state index < -0.39 is 0 Å². The van der Waals surface area contributed by atoms with Crippen molar-refractivity contribution < 1.29 is 5.11 Å². The number of rotatable bonds is 6. The normalized spacial score (nSPS) is 32.6. The topological polar surface area (TPSA) is 20.2 Å². The monoisotopic (exact) mass is 262 g/mol. The number of hydrogen-bond acceptors (Lipinski definition) is 3. The van der Waals surface area contributed by atoms with E-state index >= 15 is 0 Å². The van der Waals surface area contributed by atoms with Crippen LogP contribution in [0.25, 0.3) is 0 Å². The van der Waals surface area contributed by atoms with Crippen LogP contribution in [-0.2, 0) is 0 Å². The van der Waals surface area contributed by atoms with E-state index in [-0.39, 0.29) is 6.10 Å². The van der Waals surface area contributed by atoms with Crippen molar-refractivity contribution >= 4 is 23.5 Å². The van der Waals surface area contributed by atoms with Gasteiger partial charge in [-0.15, -0.1) is 0 Å². The van der Waals surface area contributed by atoms with Crippen LogP contribution >= 0.6 is 23.5 Å². The second-order valence-corrected chi connectivity index (χ2v) is 7.87. The second-order valence-electron chi connectivity index (χ2n) is 4.83. The molecule has 1 fully saturated rings. The number of thioether (sulfide) groups is 2. The fraction of sp³-hybridized carbons (Fsp3) is 1.00. The molecule has 1 aliphatic rings. The highest BCUT2D eigenvalue weighted by Gasteiger charge is 2.29. The van der Waals surface area contributed by atoms with Crippen molar-refractivity contribution in [1.29, 1.82) is 0 Å². The van der Waals surface area contributed by atoms with Crippen molar-refractivity contribution in [1.82, 2.24) is 0 Å². The van der Waals surface area contributed by atoms with E-state index in [1.165, 1.54) is 25.7 Å². The minimum absolute atomic E-state index is 0.0793. The van der Waals surface area contributed by atoms with Gasteiger partial charge in [-0.3, -0.25) is 0 Å². The van der Waals surface area contributed by atoms with Gasteiger partial charge in [-0.1, -0.05) is 46.5 Å². The summed E-state index contributed by atoms with van der Waals surface area (Å²) in [6.45, 7) is 6.82. The van der Waals surface area contributed by atoms with Crippen LogP contribution in [0.15, 0.2) is 0 Å². The molecule has 0 aliphatic carbocycles. The molecule has 0 spiro atoms. The molecule has 4 atom stereocenters. The Bertz CT molecular complexity index is 187. The molecular weight excluding hydrogens is 236 g/mol. The molecule has 0 saturated carbocycles. The Morgan fingerprint density at radius 1 is 1.19 bits per heavy atom. The summed E-state index contributed by atoms with van der Waals surface area (Å²) in [7, 11) is 0. The molecule has 16 heavy (non-hydrogen) atoms. The number of unbranched alkanes of at least 4 members (excludes halogenated alkanes) is 3. The van der Waals surface area contributed by atoms with Crippen LogP contribution in [0.2, 0.25) is 0 Å². The summed E-state index contributed by atoms with van der Waals surface area (Å²) in [5.74, 6) is 1.13. The first-order valence-electron chi connectivity index (χ1n) is 6.60. The van der Waals surface area contributed by atoms with Gasteiger partial charge >= 0.3 is 0 Å². The summed E-state index contributed by atoms with van der Waals surface area (Å²) in [5.41, 5.74) is 0. The number of aliphatic hydroxyl groups excluding tert-OH is 1. The van der Waals surface area contributed by atoms with Gasteiger partial charge in [0.05, 0.1) is 6.10 Å². The maximum atomic E-state index is 10.1. The first-order valence-corrected chi connectivity index (χ1v) is 8.59. The fourth-order valence-corrected chi connectivity index (χ4v) is 5.03. The zero-order valence-corrected chi connectivity index (χ0v) is 12.4. The summed E-state index contributed by atoms with van der Waals surface area (Å²) in [6, 6.07) is 0. The van der Waals surface area contributed by atoms with E-state index in [9.17, 15) is 5.11 Å². The second kappa shape index (κ2) is 7.88. The van der Waals surface area contributed by atoms with Crippen molar-refractivity contribution in [3.05, 3.63) is 0 Å². The Morgan fingerprint density at radius 3 is 2.56 bits per heavy atom.